The normalized spacial score (nSPS) is 33.1. The molecule has 0 radical (unpaired) electrons. The molecule has 0 bridgehead atoms. The molecule has 0 aromatic rings. The number of esters is 1. The second-order valence-corrected chi connectivity index (χ2v) is 6.23. The van der Waals surface area contributed by atoms with Gasteiger partial charge in [-0.25, -0.2) is 0 Å². The summed E-state index contributed by atoms with van der Waals surface area (Å²) in [6.07, 6.45) is 3.74. The Labute approximate surface area is 116 Å². The molecule has 0 spiro atoms. The van der Waals surface area contributed by atoms with Crippen LogP contribution in [-0.2, 0) is 14.3 Å². The van der Waals surface area contributed by atoms with Gasteiger partial charge in [-0.05, 0) is 30.6 Å². The average molecular weight is 269 g/mol. The highest BCUT2D eigenvalue weighted by Gasteiger charge is 2.26. The van der Waals surface area contributed by atoms with Crippen LogP contribution in [0.15, 0.2) is 0 Å². The van der Waals surface area contributed by atoms with Crippen molar-refractivity contribution >= 4 is 5.97 Å². The molecule has 0 N–H and O–H groups in total. The van der Waals surface area contributed by atoms with Crippen molar-refractivity contribution in [2.75, 3.05) is 39.5 Å². The van der Waals surface area contributed by atoms with Crippen molar-refractivity contribution < 1.29 is 14.3 Å². The lowest BCUT2D eigenvalue weighted by Crippen LogP contribution is -2.40. The van der Waals surface area contributed by atoms with Gasteiger partial charge in [-0.1, -0.05) is 20.3 Å². The molecule has 1 saturated heterocycles. The zero-order valence-electron chi connectivity index (χ0n) is 12.3. The molecule has 19 heavy (non-hydrogen) atoms. The summed E-state index contributed by atoms with van der Waals surface area (Å²) in [7, 11) is 0. The molecule has 2 fully saturated rings. The predicted octanol–water partition coefficient (Wildman–Crippen LogP) is 1.93. The van der Waals surface area contributed by atoms with Crippen LogP contribution in [0.1, 0.15) is 33.1 Å². The van der Waals surface area contributed by atoms with Crippen molar-refractivity contribution in [2.45, 2.75) is 33.1 Å². The zero-order chi connectivity index (χ0) is 13.7. The minimum Gasteiger partial charge on any atom is -0.464 e. The van der Waals surface area contributed by atoms with Crippen LogP contribution in [0.25, 0.3) is 0 Å². The van der Waals surface area contributed by atoms with Gasteiger partial charge < -0.3 is 9.47 Å². The second-order valence-electron chi connectivity index (χ2n) is 6.23. The van der Waals surface area contributed by atoms with Gasteiger partial charge in [0.15, 0.2) is 0 Å². The number of carbonyl (C=O) groups is 1. The van der Waals surface area contributed by atoms with Crippen LogP contribution in [-0.4, -0.2) is 50.3 Å². The van der Waals surface area contributed by atoms with E-state index < -0.39 is 0 Å². The Bertz CT molecular complexity index is 289. The number of rotatable bonds is 4. The first-order valence-corrected chi connectivity index (χ1v) is 7.61. The molecular formula is C15H27NO3. The molecule has 1 aliphatic heterocycles. The number of morpholine rings is 1. The van der Waals surface area contributed by atoms with Gasteiger partial charge in [-0.3, -0.25) is 9.69 Å². The van der Waals surface area contributed by atoms with E-state index >= 15 is 0 Å². The van der Waals surface area contributed by atoms with E-state index in [0.29, 0.717) is 25.0 Å². The van der Waals surface area contributed by atoms with E-state index in [1.54, 1.807) is 0 Å². The molecule has 4 nitrogen and oxygen atoms in total. The molecule has 0 amide bonds. The van der Waals surface area contributed by atoms with Crippen molar-refractivity contribution in [3.63, 3.8) is 0 Å². The number of nitrogens with zero attached hydrogens (tertiary/aromatic N) is 1. The van der Waals surface area contributed by atoms with Crippen molar-refractivity contribution in [3.05, 3.63) is 0 Å². The maximum Gasteiger partial charge on any atom is 0.320 e. The van der Waals surface area contributed by atoms with Crippen LogP contribution >= 0.6 is 0 Å². The van der Waals surface area contributed by atoms with Crippen molar-refractivity contribution in [1.82, 2.24) is 4.90 Å². The number of hydrogen-bond donors (Lipinski definition) is 0. The van der Waals surface area contributed by atoms with Gasteiger partial charge in [0.05, 0.1) is 26.4 Å². The molecule has 4 heteroatoms. The van der Waals surface area contributed by atoms with E-state index in [9.17, 15) is 4.79 Å². The molecule has 1 heterocycles. The van der Waals surface area contributed by atoms with Crippen LogP contribution in [0.2, 0.25) is 0 Å². The highest BCUT2D eigenvalue weighted by Crippen LogP contribution is 2.33. The fraction of sp³-hybridized carbons (Fsp3) is 0.933. The highest BCUT2D eigenvalue weighted by molar-refractivity contribution is 5.71. The van der Waals surface area contributed by atoms with Gasteiger partial charge in [-0.2, -0.15) is 0 Å². The smallest absolute Gasteiger partial charge is 0.320 e. The maximum atomic E-state index is 11.8. The van der Waals surface area contributed by atoms with E-state index in [1.165, 1.54) is 19.3 Å². The summed E-state index contributed by atoms with van der Waals surface area (Å²) in [4.78, 5) is 13.9. The largest absolute Gasteiger partial charge is 0.464 e. The predicted molar refractivity (Wildman–Crippen MR) is 73.9 cm³/mol. The van der Waals surface area contributed by atoms with Gasteiger partial charge in [0.1, 0.15) is 0 Å². The van der Waals surface area contributed by atoms with Crippen LogP contribution < -0.4 is 0 Å². The third-order valence-electron chi connectivity index (χ3n) is 4.52. The third kappa shape index (κ3) is 4.77. The van der Waals surface area contributed by atoms with E-state index in [4.69, 9.17) is 9.47 Å². The van der Waals surface area contributed by atoms with Crippen LogP contribution in [0, 0.1) is 17.8 Å². The molecule has 2 rings (SSSR count). The van der Waals surface area contributed by atoms with Crippen molar-refractivity contribution in [3.8, 4) is 0 Å². The number of ether oxygens (including phenoxy) is 2. The fourth-order valence-electron chi connectivity index (χ4n) is 3.16. The Morgan fingerprint density at radius 1 is 1.26 bits per heavy atom. The average Bonchev–Trinajstić information content (AvgIpc) is 2.39. The molecule has 2 aliphatic rings. The SMILES string of the molecule is C[C@H]1CC[C@@H](COC(=O)CN2CCOCC2)[C@H](C)C1. The van der Waals surface area contributed by atoms with E-state index in [-0.39, 0.29) is 5.97 Å². The summed E-state index contributed by atoms with van der Waals surface area (Å²) >= 11 is 0. The lowest BCUT2D eigenvalue weighted by Gasteiger charge is -2.32. The summed E-state index contributed by atoms with van der Waals surface area (Å²) in [5.74, 6) is 1.99. The van der Waals surface area contributed by atoms with Crippen molar-refractivity contribution in [1.29, 1.82) is 0 Å². The number of carbonyl (C=O) groups excluding carboxylic acids is 1. The Morgan fingerprint density at radius 2 is 2.00 bits per heavy atom. The van der Waals surface area contributed by atoms with E-state index in [1.807, 2.05) is 0 Å². The topological polar surface area (TPSA) is 38.8 Å². The standard InChI is InChI=1S/C15H27NO3/c1-12-3-4-14(13(2)9-12)11-19-15(17)10-16-5-7-18-8-6-16/h12-14H,3-11H2,1-2H3/t12-,13+,14-/m0/s1. The molecule has 1 aliphatic carbocycles. The van der Waals surface area contributed by atoms with Crippen molar-refractivity contribution in [2.24, 2.45) is 17.8 Å². The number of hydrogen-bond acceptors (Lipinski definition) is 4. The van der Waals surface area contributed by atoms with Crippen LogP contribution in [0.3, 0.4) is 0 Å². The summed E-state index contributed by atoms with van der Waals surface area (Å²) in [6.45, 7) is 8.76. The molecule has 0 aromatic heterocycles. The summed E-state index contributed by atoms with van der Waals surface area (Å²) in [5, 5.41) is 0. The Kier molecular flexibility index (Phi) is 5.64. The highest BCUT2D eigenvalue weighted by atomic mass is 16.5. The molecule has 3 atom stereocenters. The first kappa shape index (κ1) is 14.8. The first-order valence-electron chi connectivity index (χ1n) is 7.61. The second kappa shape index (κ2) is 7.25. The summed E-state index contributed by atoms with van der Waals surface area (Å²) in [6, 6.07) is 0. The van der Waals surface area contributed by atoms with Gasteiger partial charge >= 0.3 is 5.97 Å². The Balaban J connectivity index is 1.65. The lowest BCUT2D eigenvalue weighted by molar-refractivity contribution is -0.148. The minimum absolute atomic E-state index is 0.0762. The maximum absolute atomic E-state index is 11.8. The monoisotopic (exact) mass is 269 g/mol. The molecule has 0 unspecified atom stereocenters. The van der Waals surface area contributed by atoms with Gasteiger partial charge in [0.25, 0.3) is 0 Å². The summed E-state index contributed by atoms with van der Waals surface area (Å²) in [5.41, 5.74) is 0. The zero-order valence-corrected chi connectivity index (χ0v) is 12.3. The Hall–Kier alpha value is -0.610. The fourth-order valence-corrected chi connectivity index (χ4v) is 3.16. The van der Waals surface area contributed by atoms with Crippen LogP contribution in [0.4, 0.5) is 0 Å². The molecular weight excluding hydrogens is 242 g/mol. The summed E-state index contributed by atoms with van der Waals surface area (Å²) < 4.78 is 10.7. The lowest BCUT2D eigenvalue weighted by atomic mass is 9.76. The molecule has 0 aromatic carbocycles. The quantitative estimate of drug-likeness (QED) is 0.731. The molecule has 110 valence electrons. The first-order chi connectivity index (χ1) is 9.15. The van der Waals surface area contributed by atoms with Gasteiger partial charge in [0, 0.05) is 13.1 Å². The van der Waals surface area contributed by atoms with E-state index in [2.05, 4.69) is 18.7 Å². The van der Waals surface area contributed by atoms with E-state index in [0.717, 1.165) is 32.2 Å². The Morgan fingerprint density at radius 3 is 2.68 bits per heavy atom. The third-order valence-corrected chi connectivity index (χ3v) is 4.52. The van der Waals surface area contributed by atoms with Gasteiger partial charge in [0.2, 0.25) is 0 Å². The van der Waals surface area contributed by atoms with Gasteiger partial charge in [-0.15, -0.1) is 0 Å². The van der Waals surface area contributed by atoms with Crippen LogP contribution in [0.5, 0.6) is 0 Å². The molecule has 1 saturated carbocycles. The minimum atomic E-state index is -0.0762.